The van der Waals surface area contributed by atoms with E-state index in [-0.39, 0.29) is 0 Å². The smallest absolute Gasteiger partial charge is 0.0596 e. The first-order valence-corrected chi connectivity index (χ1v) is 7.24. The van der Waals surface area contributed by atoms with Crippen LogP contribution in [0.5, 0.6) is 0 Å². The molecule has 0 fully saturated rings. The quantitative estimate of drug-likeness (QED) is 0.774. The van der Waals surface area contributed by atoms with Gasteiger partial charge in [-0.15, -0.1) is 11.6 Å². The van der Waals surface area contributed by atoms with Crippen LogP contribution in [-0.4, -0.2) is 15.7 Å². The van der Waals surface area contributed by atoms with Gasteiger partial charge in [-0.25, -0.2) is 0 Å². The highest BCUT2D eigenvalue weighted by atomic mass is 79.9. The van der Waals surface area contributed by atoms with Crippen molar-refractivity contribution in [1.82, 2.24) is 9.78 Å². The van der Waals surface area contributed by atoms with Gasteiger partial charge in [0, 0.05) is 29.0 Å². The predicted octanol–water partition coefficient (Wildman–Crippen LogP) is 4.06. The molecule has 2 nitrogen and oxygen atoms in total. The van der Waals surface area contributed by atoms with Crippen LogP contribution in [-0.2, 0) is 13.5 Å². The van der Waals surface area contributed by atoms with Crippen LogP contribution in [0, 0.1) is 6.92 Å². The highest BCUT2D eigenvalue weighted by Gasteiger charge is 2.16. The van der Waals surface area contributed by atoms with Gasteiger partial charge in [0.15, 0.2) is 0 Å². The number of nitrogens with zero attached hydrogens (tertiary/aromatic N) is 2. The summed E-state index contributed by atoms with van der Waals surface area (Å²) in [6.45, 7) is 2.01. The van der Waals surface area contributed by atoms with E-state index in [2.05, 4.69) is 39.2 Å². The molecular weight excluding hydrogens is 312 g/mol. The second kappa shape index (κ2) is 5.89. The molecule has 2 aromatic rings. The molecule has 0 amide bonds. The first-order chi connectivity index (χ1) is 8.61. The molecule has 1 aromatic heterocycles. The molecule has 0 radical (unpaired) electrons. The van der Waals surface area contributed by atoms with E-state index in [1.54, 1.807) is 0 Å². The highest BCUT2D eigenvalue weighted by molar-refractivity contribution is 9.10. The lowest BCUT2D eigenvalue weighted by Gasteiger charge is -2.16. The average molecular weight is 328 g/mol. The molecule has 0 aliphatic carbocycles. The fourth-order valence-electron chi connectivity index (χ4n) is 2.16. The minimum atomic E-state index is 0.303. The maximum absolute atomic E-state index is 6.13. The zero-order chi connectivity index (χ0) is 13.1. The van der Waals surface area contributed by atoms with Crippen LogP contribution in [0.1, 0.15) is 22.9 Å². The SMILES string of the molecule is Cc1cc(CC(CCl)c2ccccc2Br)n(C)n1. The van der Waals surface area contributed by atoms with E-state index in [0.29, 0.717) is 11.8 Å². The van der Waals surface area contributed by atoms with E-state index in [4.69, 9.17) is 11.6 Å². The number of halogens is 2. The molecule has 18 heavy (non-hydrogen) atoms. The topological polar surface area (TPSA) is 17.8 Å². The monoisotopic (exact) mass is 326 g/mol. The summed E-state index contributed by atoms with van der Waals surface area (Å²) in [6.07, 6.45) is 0.906. The molecule has 0 aliphatic rings. The van der Waals surface area contributed by atoms with Crippen molar-refractivity contribution >= 4 is 27.5 Å². The normalized spacial score (nSPS) is 12.7. The molecule has 0 spiro atoms. The van der Waals surface area contributed by atoms with Gasteiger partial charge in [-0.1, -0.05) is 34.1 Å². The Morgan fingerprint density at radius 2 is 2.11 bits per heavy atom. The molecular formula is C14H16BrClN2. The largest absolute Gasteiger partial charge is 0.272 e. The van der Waals surface area contributed by atoms with Gasteiger partial charge in [0.25, 0.3) is 0 Å². The van der Waals surface area contributed by atoms with Gasteiger partial charge in [0.05, 0.1) is 5.69 Å². The van der Waals surface area contributed by atoms with E-state index < -0.39 is 0 Å². The van der Waals surface area contributed by atoms with Crippen molar-refractivity contribution in [1.29, 1.82) is 0 Å². The second-order valence-electron chi connectivity index (χ2n) is 4.48. The van der Waals surface area contributed by atoms with Crippen LogP contribution in [0.2, 0.25) is 0 Å². The van der Waals surface area contributed by atoms with E-state index in [1.165, 1.54) is 11.3 Å². The van der Waals surface area contributed by atoms with Crippen LogP contribution in [0.4, 0.5) is 0 Å². The van der Waals surface area contributed by atoms with Gasteiger partial charge < -0.3 is 0 Å². The molecule has 1 atom stereocenters. The first kappa shape index (κ1) is 13.6. The lowest BCUT2D eigenvalue weighted by Crippen LogP contribution is -2.09. The van der Waals surface area contributed by atoms with Gasteiger partial charge in [0.2, 0.25) is 0 Å². The van der Waals surface area contributed by atoms with Crippen LogP contribution < -0.4 is 0 Å². The zero-order valence-corrected chi connectivity index (χ0v) is 12.9. The molecule has 4 heteroatoms. The average Bonchev–Trinajstić information content (AvgIpc) is 2.66. The summed E-state index contributed by atoms with van der Waals surface area (Å²) in [5.41, 5.74) is 3.52. The highest BCUT2D eigenvalue weighted by Crippen LogP contribution is 2.28. The Labute approximate surface area is 121 Å². The minimum Gasteiger partial charge on any atom is -0.272 e. The van der Waals surface area contributed by atoms with Crippen molar-refractivity contribution in [2.45, 2.75) is 19.3 Å². The number of benzene rings is 1. The summed E-state index contributed by atoms with van der Waals surface area (Å²) in [5, 5.41) is 4.38. The molecule has 0 bridgehead atoms. The summed E-state index contributed by atoms with van der Waals surface area (Å²) >= 11 is 9.73. The second-order valence-corrected chi connectivity index (χ2v) is 5.64. The third-order valence-electron chi connectivity index (χ3n) is 3.09. The third kappa shape index (κ3) is 2.96. The lowest BCUT2D eigenvalue weighted by atomic mass is 9.96. The van der Waals surface area contributed by atoms with Crippen LogP contribution in [0.25, 0.3) is 0 Å². The Balaban J connectivity index is 2.25. The van der Waals surface area contributed by atoms with Gasteiger partial charge in [-0.05, 0) is 31.0 Å². The molecule has 0 saturated heterocycles. The zero-order valence-electron chi connectivity index (χ0n) is 10.5. The van der Waals surface area contributed by atoms with Crippen LogP contribution >= 0.6 is 27.5 Å². The van der Waals surface area contributed by atoms with Gasteiger partial charge >= 0.3 is 0 Å². The predicted molar refractivity (Wildman–Crippen MR) is 79.3 cm³/mol. The third-order valence-corrected chi connectivity index (χ3v) is 4.18. The van der Waals surface area contributed by atoms with Crippen molar-refractivity contribution in [3.63, 3.8) is 0 Å². The molecule has 0 N–H and O–H groups in total. The Morgan fingerprint density at radius 1 is 1.39 bits per heavy atom. The number of rotatable bonds is 4. The van der Waals surface area contributed by atoms with E-state index in [9.17, 15) is 0 Å². The van der Waals surface area contributed by atoms with Crippen LogP contribution in [0.3, 0.4) is 0 Å². The van der Waals surface area contributed by atoms with Crippen molar-refractivity contribution in [3.8, 4) is 0 Å². The number of alkyl halides is 1. The maximum atomic E-state index is 6.13. The molecule has 1 unspecified atom stereocenters. The number of hydrogen-bond donors (Lipinski definition) is 0. The molecule has 96 valence electrons. The van der Waals surface area contributed by atoms with Crippen molar-refractivity contribution in [2.75, 3.05) is 5.88 Å². The summed E-state index contributed by atoms with van der Waals surface area (Å²) in [6, 6.07) is 10.4. The van der Waals surface area contributed by atoms with Gasteiger partial charge in [-0.2, -0.15) is 5.10 Å². The maximum Gasteiger partial charge on any atom is 0.0596 e. The molecule has 1 heterocycles. The van der Waals surface area contributed by atoms with Crippen molar-refractivity contribution < 1.29 is 0 Å². The standard InChI is InChI=1S/C14H16BrClN2/c1-10-7-12(18(2)17-10)8-11(9-16)13-5-3-4-6-14(13)15/h3-7,11H,8-9H2,1-2H3. The lowest BCUT2D eigenvalue weighted by molar-refractivity contribution is 0.656. The minimum absolute atomic E-state index is 0.303. The fourth-order valence-corrected chi connectivity index (χ4v) is 3.05. The Bertz CT molecular complexity index is 536. The molecule has 0 saturated carbocycles. The molecule has 0 aliphatic heterocycles. The van der Waals surface area contributed by atoms with E-state index >= 15 is 0 Å². The molecule has 1 aromatic carbocycles. The summed E-state index contributed by atoms with van der Waals surface area (Å²) in [7, 11) is 1.98. The number of aryl methyl sites for hydroxylation is 2. The van der Waals surface area contributed by atoms with Gasteiger partial charge in [0.1, 0.15) is 0 Å². The Kier molecular flexibility index (Phi) is 4.46. The summed E-state index contributed by atoms with van der Waals surface area (Å²) < 4.78 is 3.06. The number of aromatic nitrogens is 2. The number of hydrogen-bond acceptors (Lipinski definition) is 1. The van der Waals surface area contributed by atoms with E-state index in [1.807, 2.05) is 30.8 Å². The Hall–Kier alpha value is -0.800. The first-order valence-electron chi connectivity index (χ1n) is 5.91. The van der Waals surface area contributed by atoms with Crippen LogP contribution in [0.15, 0.2) is 34.8 Å². The van der Waals surface area contributed by atoms with Crippen molar-refractivity contribution in [3.05, 3.63) is 51.8 Å². The molecule has 2 rings (SSSR count). The fraction of sp³-hybridized carbons (Fsp3) is 0.357. The summed E-state index contributed by atoms with van der Waals surface area (Å²) in [5.74, 6) is 0.907. The summed E-state index contributed by atoms with van der Waals surface area (Å²) in [4.78, 5) is 0. The van der Waals surface area contributed by atoms with Crippen molar-refractivity contribution in [2.24, 2.45) is 7.05 Å². The Morgan fingerprint density at radius 3 is 2.67 bits per heavy atom. The van der Waals surface area contributed by atoms with E-state index in [0.717, 1.165) is 16.6 Å². The van der Waals surface area contributed by atoms with Gasteiger partial charge in [-0.3, -0.25) is 4.68 Å².